The molecule has 0 bridgehead atoms. The maximum atomic E-state index is 13.7. The monoisotopic (exact) mass is 307 g/mol. The lowest BCUT2D eigenvalue weighted by Crippen LogP contribution is -2.29. The summed E-state index contributed by atoms with van der Waals surface area (Å²) in [6.07, 6.45) is 2.42. The van der Waals surface area contributed by atoms with E-state index in [9.17, 15) is 21.2 Å². The van der Waals surface area contributed by atoms with Crippen LogP contribution in [-0.4, -0.2) is 40.5 Å². The molecule has 1 saturated carbocycles. The van der Waals surface area contributed by atoms with Gasteiger partial charge in [0.05, 0.1) is 4.90 Å². The molecule has 19 heavy (non-hydrogen) atoms. The molecule has 8 heteroatoms. The minimum Gasteiger partial charge on any atom is -0.224 e. The Morgan fingerprint density at radius 3 is 2.26 bits per heavy atom. The van der Waals surface area contributed by atoms with Crippen molar-refractivity contribution in [3.05, 3.63) is 24.0 Å². The maximum Gasteiger partial charge on any atom is 0.246 e. The first-order chi connectivity index (χ1) is 8.64. The third-order valence-electron chi connectivity index (χ3n) is 3.05. The van der Waals surface area contributed by atoms with Crippen molar-refractivity contribution in [3.63, 3.8) is 0 Å². The standard InChI is InChI=1S/C11H14FNO4S2/c1-13(8-3-4-8)19(16,17)11-7-9(18(2,14)15)5-6-10(11)12/h5-8H,3-4H2,1-2H3. The molecule has 0 unspecified atom stereocenters. The van der Waals surface area contributed by atoms with Crippen LogP contribution in [0.15, 0.2) is 28.0 Å². The highest BCUT2D eigenvalue weighted by Gasteiger charge is 2.36. The average Bonchev–Trinajstić information content (AvgIpc) is 3.10. The van der Waals surface area contributed by atoms with E-state index in [-0.39, 0.29) is 10.9 Å². The molecule has 5 nitrogen and oxygen atoms in total. The molecular formula is C11H14FNO4S2. The lowest BCUT2D eigenvalue weighted by atomic mass is 10.3. The zero-order valence-corrected chi connectivity index (χ0v) is 12.1. The van der Waals surface area contributed by atoms with Crippen LogP contribution in [0, 0.1) is 5.82 Å². The predicted octanol–water partition coefficient (Wildman–Crippen LogP) is 1.01. The van der Waals surface area contributed by atoms with E-state index >= 15 is 0 Å². The molecule has 0 aliphatic heterocycles. The van der Waals surface area contributed by atoms with Crippen LogP contribution in [-0.2, 0) is 19.9 Å². The molecular weight excluding hydrogens is 293 g/mol. The van der Waals surface area contributed by atoms with E-state index in [2.05, 4.69) is 0 Å². The number of sulfone groups is 1. The molecule has 1 aromatic carbocycles. The van der Waals surface area contributed by atoms with Crippen molar-refractivity contribution >= 4 is 19.9 Å². The van der Waals surface area contributed by atoms with Crippen LogP contribution in [0.5, 0.6) is 0 Å². The summed E-state index contributed by atoms with van der Waals surface area (Å²) in [6, 6.07) is 2.68. The Labute approximate surface area is 112 Å². The summed E-state index contributed by atoms with van der Waals surface area (Å²) in [7, 11) is -6.20. The van der Waals surface area contributed by atoms with Gasteiger partial charge in [0.1, 0.15) is 10.7 Å². The Bertz CT molecular complexity index is 708. The summed E-state index contributed by atoms with van der Waals surface area (Å²) in [6.45, 7) is 0. The van der Waals surface area contributed by atoms with Crippen LogP contribution in [0.25, 0.3) is 0 Å². The SMILES string of the molecule is CN(C1CC1)S(=O)(=O)c1cc(S(C)(=O)=O)ccc1F. The highest BCUT2D eigenvalue weighted by molar-refractivity contribution is 7.91. The van der Waals surface area contributed by atoms with E-state index in [1.54, 1.807) is 0 Å². The zero-order chi connectivity index (χ0) is 14.4. The van der Waals surface area contributed by atoms with Gasteiger partial charge in [-0.1, -0.05) is 0 Å². The minimum atomic E-state index is -4.00. The van der Waals surface area contributed by atoms with Crippen molar-refractivity contribution in [3.8, 4) is 0 Å². The molecule has 0 heterocycles. The van der Waals surface area contributed by atoms with Crippen LogP contribution < -0.4 is 0 Å². The molecule has 106 valence electrons. The Morgan fingerprint density at radius 2 is 1.79 bits per heavy atom. The van der Waals surface area contributed by atoms with Crippen molar-refractivity contribution in [2.45, 2.75) is 28.7 Å². The van der Waals surface area contributed by atoms with Crippen molar-refractivity contribution in [2.24, 2.45) is 0 Å². The summed E-state index contributed by atoms with van der Waals surface area (Å²) >= 11 is 0. The van der Waals surface area contributed by atoms with Gasteiger partial charge in [-0.3, -0.25) is 0 Å². The largest absolute Gasteiger partial charge is 0.246 e. The van der Waals surface area contributed by atoms with E-state index in [1.165, 1.54) is 7.05 Å². The second-order valence-corrected chi connectivity index (χ2v) is 8.60. The highest BCUT2D eigenvalue weighted by atomic mass is 32.2. The average molecular weight is 307 g/mol. The van der Waals surface area contributed by atoms with Gasteiger partial charge in [-0.2, -0.15) is 4.31 Å². The lowest BCUT2D eigenvalue weighted by molar-refractivity contribution is 0.457. The van der Waals surface area contributed by atoms with Gasteiger partial charge in [0, 0.05) is 19.3 Å². The fourth-order valence-electron chi connectivity index (χ4n) is 1.70. The highest BCUT2D eigenvalue weighted by Crippen LogP contribution is 2.31. The number of hydrogen-bond acceptors (Lipinski definition) is 4. The Balaban J connectivity index is 2.55. The van der Waals surface area contributed by atoms with Gasteiger partial charge in [0.15, 0.2) is 9.84 Å². The van der Waals surface area contributed by atoms with Crippen LogP contribution >= 0.6 is 0 Å². The van der Waals surface area contributed by atoms with E-state index in [0.717, 1.165) is 41.6 Å². The molecule has 1 aliphatic carbocycles. The van der Waals surface area contributed by atoms with Crippen molar-refractivity contribution in [1.29, 1.82) is 0 Å². The summed E-state index contributed by atoms with van der Waals surface area (Å²) in [5.74, 6) is -0.945. The molecule has 0 aromatic heterocycles. The van der Waals surface area contributed by atoms with E-state index < -0.39 is 30.6 Å². The Hall–Kier alpha value is -0.990. The molecule has 0 spiro atoms. The molecule has 0 atom stereocenters. The van der Waals surface area contributed by atoms with Gasteiger partial charge in [-0.25, -0.2) is 21.2 Å². The Morgan fingerprint density at radius 1 is 1.21 bits per heavy atom. The summed E-state index contributed by atoms with van der Waals surface area (Å²) in [5.41, 5.74) is 0. The first kappa shape index (κ1) is 14.4. The van der Waals surface area contributed by atoms with Gasteiger partial charge < -0.3 is 0 Å². The second-order valence-electron chi connectivity index (χ2n) is 4.62. The summed E-state index contributed by atoms with van der Waals surface area (Å²) < 4.78 is 62.0. The molecule has 2 rings (SSSR count). The van der Waals surface area contributed by atoms with Gasteiger partial charge in [-0.15, -0.1) is 0 Å². The Kier molecular flexibility index (Phi) is 3.44. The van der Waals surface area contributed by atoms with Gasteiger partial charge in [-0.05, 0) is 31.0 Å². The molecule has 0 amide bonds. The fourth-order valence-corrected chi connectivity index (χ4v) is 3.93. The lowest BCUT2D eigenvalue weighted by Gasteiger charge is -2.17. The topological polar surface area (TPSA) is 71.5 Å². The van der Waals surface area contributed by atoms with Gasteiger partial charge in [0.25, 0.3) is 0 Å². The number of nitrogens with zero attached hydrogens (tertiary/aromatic N) is 1. The molecule has 1 aromatic rings. The zero-order valence-electron chi connectivity index (χ0n) is 10.5. The summed E-state index contributed by atoms with van der Waals surface area (Å²) in [4.78, 5) is -0.804. The maximum absolute atomic E-state index is 13.7. The summed E-state index contributed by atoms with van der Waals surface area (Å²) in [5, 5.41) is 0. The van der Waals surface area contributed by atoms with E-state index in [0.29, 0.717) is 0 Å². The van der Waals surface area contributed by atoms with Crippen LogP contribution in [0.3, 0.4) is 0 Å². The number of rotatable bonds is 4. The smallest absolute Gasteiger partial charge is 0.224 e. The molecule has 0 radical (unpaired) electrons. The van der Waals surface area contributed by atoms with Crippen LogP contribution in [0.2, 0.25) is 0 Å². The van der Waals surface area contributed by atoms with Crippen molar-refractivity contribution < 1.29 is 21.2 Å². The molecule has 1 fully saturated rings. The molecule has 1 aliphatic rings. The third kappa shape index (κ3) is 2.80. The first-order valence-corrected chi connectivity index (χ1v) is 8.95. The number of sulfonamides is 1. The van der Waals surface area contributed by atoms with Crippen LogP contribution in [0.4, 0.5) is 4.39 Å². The quantitative estimate of drug-likeness (QED) is 0.778. The second kappa shape index (κ2) is 4.53. The van der Waals surface area contributed by atoms with Crippen molar-refractivity contribution in [1.82, 2.24) is 4.31 Å². The third-order valence-corrected chi connectivity index (χ3v) is 6.08. The minimum absolute atomic E-state index is 0.119. The molecule has 0 saturated heterocycles. The fraction of sp³-hybridized carbons (Fsp3) is 0.455. The van der Waals surface area contributed by atoms with E-state index in [1.807, 2.05) is 0 Å². The van der Waals surface area contributed by atoms with E-state index in [4.69, 9.17) is 0 Å². The van der Waals surface area contributed by atoms with Gasteiger partial charge >= 0.3 is 0 Å². The molecule has 0 N–H and O–H groups in total. The predicted molar refractivity (Wildman–Crippen MR) is 67.5 cm³/mol. The van der Waals surface area contributed by atoms with Crippen molar-refractivity contribution in [2.75, 3.05) is 13.3 Å². The normalized spacial score (nSPS) is 16.8. The van der Waals surface area contributed by atoms with Gasteiger partial charge in [0.2, 0.25) is 10.0 Å². The first-order valence-electron chi connectivity index (χ1n) is 5.61. The number of halogens is 1. The van der Waals surface area contributed by atoms with Crippen LogP contribution in [0.1, 0.15) is 12.8 Å². The number of benzene rings is 1. The number of hydrogen-bond donors (Lipinski definition) is 0.